The van der Waals surface area contributed by atoms with Gasteiger partial charge in [-0.15, -0.1) is 0 Å². The first-order chi connectivity index (χ1) is 21.3. The van der Waals surface area contributed by atoms with Crippen molar-refractivity contribution in [2.75, 3.05) is 0 Å². The summed E-state index contributed by atoms with van der Waals surface area (Å²) < 4.78 is 26.2. The lowest BCUT2D eigenvalue weighted by molar-refractivity contribution is 0.295. The molecular weight excluding hydrogens is 608 g/mol. The highest BCUT2D eigenvalue weighted by Gasteiger charge is 2.37. The summed E-state index contributed by atoms with van der Waals surface area (Å²) in [5.41, 5.74) is 4.87. The van der Waals surface area contributed by atoms with Gasteiger partial charge in [0.25, 0.3) is 0 Å². The van der Waals surface area contributed by atoms with E-state index < -0.39 is 24.0 Å². The topological polar surface area (TPSA) is 55.8 Å². The summed E-state index contributed by atoms with van der Waals surface area (Å²) in [5.74, 6) is 0.714. The van der Waals surface area contributed by atoms with Crippen LogP contribution in [0.25, 0.3) is 54.9 Å². The first kappa shape index (κ1) is 29.8. The molecule has 1 aliphatic rings. The van der Waals surface area contributed by atoms with Crippen LogP contribution in [0.1, 0.15) is 0 Å². The molecule has 1 N–H and O–H groups in total. The van der Waals surface area contributed by atoms with Crippen molar-refractivity contribution in [2.24, 2.45) is 0 Å². The minimum Gasteiger partial charge on any atom is -0.394 e. The molecular formula is C38H37O4PSi2. The first-order valence-corrected chi connectivity index (χ1v) is 23.9. The maximum absolute atomic E-state index is 13.9. The van der Waals surface area contributed by atoms with Gasteiger partial charge < -0.3 is 9.05 Å². The van der Waals surface area contributed by atoms with Gasteiger partial charge in [0.15, 0.2) is 0 Å². The minimum atomic E-state index is -4.60. The molecule has 0 saturated carbocycles. The Balaban J connectivity index is 1.59. The van der Waals surface area contributed by atoms with Gasteiger partial charge in [0.05, 0.1) is 16.1 Å². The molecule has 226 valence electrons. The van der Waals surface area contributed by atoms with Gasteiger partial charge in [-0.3, -0.25) is 4.89 Å². The van der Waals surface area contributed by atoms with Crippen molar-refractivity contribution in [2.45, 2.75) is 39.3 Å². The lowest BCUT2D eigenvalue weighted by atomic mass is 9.86. The van der Waals surface area contributed by atoms with Crippen molar-refractivity contribution < 1.29 is 18.5 Å². The van der Waals surface area contributed by atoms with Crippen LogP contribution < -0.4 is 19.4 Å². The Morgan fingerprint density at radius 3 is 1.24 bits per heavy atom. The van der Waals surface area contributed by atoms with Crippen LogP contribution in [-0.2, 0) is 4.57 Å². The molecule has 0 unspecified atom stereocenters. The molecule has 0 saturated heterocycles. The van der Waals surface area contributed by atoms with Crippen molar-refractivity contribution in [1.29, 1.82) is 0 Å². The van der Waals surface area contributed by atoms with Crippen LogP contribution in [0.3, 0.4) is 0 Å². The van der Waals surface area contributed by atoms with Gasteiger partial charge in [-0.25, -0.2) is 4.57 Å². The third-order valence-electron chi connectivity index (χ3n) is 8.79. The van der Waals surface area contributed by atoms with Crippen molar-refractivity contribution in [1.82, 2.24) is 0 Å². The SMILES string of the molecule is C[Si](C)(C)c1ccc(-c2cc3ccccc3c3c2OP(=O)(O)Oc2c(-c4ccc([Si](C)(C)C)cc4)cc4ccccc4c2-3)cc1. The van der Waals surface area contributed by atoms with E-state index in [-0.39, 0.29) is 0 Å². The standard InChI is InChI=1S/C38H37O4PSi2/c1-44(2,3)29-19-15-25(16-20-29)33-23-27-11-7-9-13-31(27)35-36-32-14-10-8-12-28(32)24-34(38(36)42-43(39,40)41-37(33)35)26-17-21-30(22-18-26)45(4,5)6/h7-24H,1-6H3,(H,39,40). The molecule has 6 aromatic carbocycles. The molecule has 7 rings (SSSR count). The largest absolute Gasteiger partial charge is 0.584 e. The highest BCUT2D eigenvalue weighted by molar-refractivity contribution is 7.48. The molecule has 0 amide bonds. The Hall–Kier alpha value is -3.94. The Morgan fingerprint density at radius 2 is 0.889 bits per heavy atom. The van der Waals surface area contributed by atoms with Crippen LogP contribution in [0.15, 0.2) is 109 Å². The van der Waals surface area contributed by atoms with E-state index in [1.165, 1.54) is 10.4 Å². The van der Waals surface area contributed by atoms with E-state index in [1.807, 2.05) is 24.3 Å². The number of benzene rings is 6. The van der Waals surface area contributed by atoms with E-state index in [2.05, 4.69) is 124 Å². The Morgan fingerprint density at radius 1 is 0.533 bits per heavy atom. The average Bonchev–Trinajstić information content (AvgIpc) is 3.13. The fourth-order valence-corrected chi connectivity index (χ4v) is 9.53. The van der Waals surface area contributed by atoms with Gasteiger partial charge in [0.1, 0.15) is 11.5 Å². The Kier molecular flexibility index (Phi) is 6.99. The van der Waals surface area contributed by atoms with Crippen LogP contribution in [0.4, 0.5) is 0 Å². The maximum Gasteiger partial charge on any atom is 0.584 e. The highest BCUT2D eigenvalue weighted by Crippen LogP contribution is 2.61. The molecule has 1 aliphatic heterocycles. The van der Waals surface area contributed by atoms with Gasteiger partial charge >= 0.3 is 7.82 Å². The van der Waals surface area contributed by atoms with Crippen molar-refractivity contribution in [3.05, 3.63) is 109 Å². The molecule has 0 aliphatic carbocycles. The fraction of sp³-hybridized carbons (Fsp3) is 0.158. The molecule has 1 heterocycles. The predicted octanol–water partition coefficient (Wildman–Crippen LogP) is 9.96. The highest BCUT2D eigenvalue weighted by atomic mass is 31.2. The molecule has 0 atom stereocenters. The van der Waals surface area contributed by atoms with E-state index in [0.717, 1.165) is 54.9 Å². The van der Waals surface area contributed by atoms with Crippen LogP contribution >= 0.6 is 7.82 Å². The van der Waals surface area contributed by atoms with Crippen LogP contribution in [-0.4, -0.2) is 21.0 Å². The second-order valence-corrected chi connectivity index (χ2v) is 25.5. The van der Waals surface area contributed by atoms with E-state index in [4.69, 9.17) is 9.05 Å². The van der Waals surface area contributed by atoms with Crippen LogP contribution in [0, 0.1) is 0 Å². The van der Waals surface area contributed by atoms with Crippen molar-refractivity contribution in [3.63, 3.8) is 0 Å². The number of hydrogen-bond acceptors (Lipinski definition) is 3. The van der Waals surface area contributed by atoms with Crippen molar-refractivity contribution in [3.8, 4) is 44.9 Å². The summed E-state index contributed by atoms with van der Waals surface area (Å²) in [6.45, 7) is 13.9. The summed E-state index contributed by atoms with van der Waals surface area (Å²) in [6, 6.07) is 37.6. The van der Waals surface area contributed by atoms with E-state index in [9.17, 15) is 9.46 Å². The summed E-state index contributed by atoms with van der Waals surface area (Å²) in [4.78, 5) is 11.4. The number of phosphoric acid groups is 1. The molecule has 7 heteroatoms. The molecule has 0 spiro atoms. The number of rotatable bonds is 4. The van der Waals surface area contributed by atoms with Gasteiger partial charge in [-0.1, -0.05) is 147 Å². The summed E-state index contributed by atoms with van der Waals surface area (Å²) in [6.07, 6.45) is 0. The number of phosphoric ester groups is 1. The molecule has 0 radical (unpaired) electrons. The molecule has 4 nitrogen and oxygen atoms in total. The number of fused-ring (bicyclic) bond motifs is 7. The van der Waals surface area contributed by atoms with Gasteiger partial charge in [0, 0.05) is 22.3 Å². The first-order valence-electron chi connectivity index (χ1n) is 15.4. The molecule has 0 aromatic heterocycles. The second-order valence-electron chi connectivity index (χ2n) is 14.0. The third-order valence-corrected chi connectivity index (χ3v) is 13.7. The lowest BCUT2D eigenvalue weighted by Gasteiger charge is -2.20. The van der Waals surface area contributed by atoms with Crippen LogP contribution in [0.5, 0.6) is 11.5 Å². The lowest BCUT2D eigenvalue weighted by Crippen LogP contribution is -2.37. The minimum absolute atomic E-state index is 0.357. The maximum atomic E-state index is 13.9. The fourth-order valence-electron chi connectivity index (χ4n) is 6.32. The summed E-state index contributed by atoms with van der Waals surface area (Å²) in [7, 11) is -7.65. The zero-order valence-electron chi connectivity index (χ0n) is 26.5. The normalized spacial score (nSPS) is 14.3. The average molecular weight is 645 g/mol. The van der Waals surface area contributed by atoms with Crippen molar-refractivity contribution >= 4 is 55.9 Å². The van der Waals surface area contributed by atoms with Gasteiger partial charge in [-0.2, -0.15) is 0 Å². The Bertz CT molecular complexity index is 2010. The predicted molar refractivity (Wildman–Crippen MR) is 195 cm³/mol. The van der Waals surface area contributed by atoms with E-state index in [1.54, 1.807) is 0 Å². The second kappa shape index (κ2) is 10.6. The molecule has 0 bridgehead atoms. The van der Waals surface area contributed by atoms with Crippen LogP contribution in [0.2, 0.25) is 39.3 Å². The van der Waals surface area contributed by atoms with Gasteiger partial charge in [-0.05, 0) is 44.8 Å². The zero-order valence-corrected chi connectivity index (χ0v) is 29.4. The molecule has 45 heavy (non-hydrogen) atoms. The van der Waals surface area contributed by atoms with E-state index in [0.29, 0.717) is 11.5 Å². The third kappa shape index (κ3) is 5.36. The summed E-state index contributed by atoms with van der Waals surface area (Å²) in [5, 5.41) is 6.57. The Labute approximate surface area is 266 Å². The quantitative estimate of drug-likeness (QED) is 0.153. The number of hydrogen-bond donors (Lipinski definition) is 1. The zero-order chi connectivity index (χ0) is 31.7. The monoisotopic (exact) mass is 644 g/mol. The summed E-state index contributed by atoms with van der Waals surface area (Å²) >= 11 is 0. The smallest absolute Gasteiger partial charge is 0.394 e. The molecule has 0 fully saturated rings. The van der Waals surface area contributed by atoms with E-state index >= 15 is 0 Å². The van der Waals surface area contributed by atoms with Gasteiger partial charge in [0.2, 0.25) is 0 Å². The molecule has 6 aromatic rings.